The highest BCUT2D eigenvalue weighted by molar-refractivity contribution is 9.10. The number of nitrogens with one attached hydrogen (secondary N) is 1. The van der Waals surface area contributed by atoms with Gasteiger partial charge in [0.1, 0.15) is 10.8 Å². The second-order valence-corrected chi connectivity index (χ2v) is 5.97. The van der Waals surface area contributed by atoms with Gasteiger partial charge >= 0.3 is 0 Å². The van der Waals surface area contributed by atoms with Gasteiger partial charge in [-0.3, -0.25) is 0 Å². The molecule has 96 valence electrons. The van der Waals surface area contributed by atoms with E-state index in [4.69, 9.17) is 0 Å². The summed E-state index contributed by atoms with van der Waals surface area (Å²) in [5, 5.41) is 6.34. The first-order valence-corrected chi connectivity index (χ1v) is 7.33. The third kappa shape index (κ3) is 3.37. The van der Waals surface area contributed by atoms with E-state index in [-0.39, 0.29) is 11.9 Å². The summed E-state index contributed by atoms with van der Waals surface area (Å²) in [4.78, 5) is 4.42. The number of nitrogens with zero attached hydrogens (tertiary/aromatic N) is 1. The first-order chi connectivity index (χ1) is 8.56. The molecule has 0 radical (unpaired) electrons. The number of benzene rings is 1. The van der Waals surface area contributed by atoms with Gasteiger partial charge in [-0.05, 0) is 32.0 Å². The van der Waals surface area contributed by atoms with Gasteiger partial charge in [-0.15, -0.1) is 11.3 Å². The molecule has 18 heavy (non-hydrogen) atoms. The van der Waals surface area contributed by atoms with Crippen LogP contribution in [0.5, 0.6) is 0 Å². The van der Waals surface area contributed by atoms with Crippen molar-refractivity contribution in [1.82, 2.24) is 10.3 Å². The Morgan fingerprint density at radius 1 is 1.50 bits per heavy atom. The Morgan fingerprint density at radius 2 is 2.28 bits per heavy atom. The number of aromatic nitrogens is 1. The number of hydrogen-bond donors (Lipinski definition) is 1. The predicted octanol–water partition coefficient (Wildman–Crippen LogP) is 4.20. The molecule has 1 heterocycles. The minimum absolute atomic E-state index is 0.127. The molecule has 1 unspecified atom stereocenters. The summed E-state index contributed by atoms with van der Waals surface area (Å²) in [5.41, 5.74) is 1.68. The molecule has 1 aromatic carbocycles. The topological polar surface area (TPSA) is 24.9 Å². The molecule has 1 atom stereocenters. The van der Waals surface area contributed by atoms with Crippen LogP contribution in [-0.4, -0.2) is 4.98 Å². The molecule has 2 aromatic rings. The maximum absolute atomic E-state index is 13.6. The van der Waals surface area contributed by atoms with Gasteiger partial charge in [0.25, 0.3) is 0 Å². The molecular weight excluding hydrogens is 315 g/mol. The van der Waals surface area contributed by atoms with Crippen molar-refractivity contribution in [3.63, 3.8) is 0 Å². The highest BCUT2D eigenvalue weighted by Crippen LogP contribution is 2.19. The van der Waals surface area contributed by atoms with Crippen molar-refractivity contribution < 1.29 is 4.39 Å². The molecule has 0 bridgehead atoms. The fourth-order valence-electron chi connectivity index (χ4n) is 1.60. The maximum atomic E-state index is 13.6. The maximum Gasteiger partial charge on any atom is 0.127 e. The van der Waals surface area contributed by atoms with Crippen molar-refractivity contribution in [3.05, 3.63) is 50.1 Å². The molecular formula is C13H14BrFN2S. The Bertz CT molecular complexity index is 542. The molecule has 0 spiro atoms. The van der Waals surface area contributed by atoms with Gasteiger partial charge in [0.2, 0.25) is 0 Å². The summed E-state index contributed by atoms with van der Waals surface area (Å²) < 4.78 is 14.4. The van der Waals surface area contributed by atoms with Crippen LogP contribution in [0.25, 0.3) is 0 Å². The van der Waals surface area contributed by atoms with E-state index in [2.05, 4.69) is 26.2 Å². The molecule has 0 aliphatic carbocycles. The third-order valence-corrected chi connectivity index (χ3v) is 4.25. The summed E-state index contributed by atoms with van der Waals surface area (Å²) in [5.74, 6) is -0.187. The van der Waals surface area contributed by atoms with E-state index in [1.54, 1.807) is 23.5 Å². The van der Waals surface area contributed by atoms with Gasteiger partial charge in [-0.1, -0.05) is 15.9 Å². The van der Waals surface area contributed by atoms with Crippen molar-refractivity contribution in [2.75, 3.05) is 0 Å². The molecule has 0 aliphatic rings. The van der Waals surface area contributed by atoms with E-state index in [9.17, 15) is 4.39 Å². The van der Waals surface area contributed by atoms with Gasteiger partial charge in [-0.2, -0.15) is 0 Å². The van der Waals surface area contributed by atoms with Crippen molar-refractivity contribution in [1.29, 1.82) is 0 Å². The Kier molecular flexibility index (Phi) is 4.48. The normalized spacial score (nSPS) is 12.7. The SMILES string of the molecule is Cc1csc(C(C)NCc2cc(Br)ccc2F)n1. The summed E-state index contributed by atoms with van der Waals surface area (Å²) in [6.45, 7) is 4.50. The van der Waals surface area contributed by atoms with Crippen LogP contribution < -0.4 is 5.32 Å². The lowest BCUT2D eigenvalue weighted by Gasteiger charge is -2.11. The zero-order valence-electron chi connectivity index (χ0n) is 10.2. The average Bonchev–Trinajstić information content (AvgIpc) is 2.77. The third-order valence-electron chi connectivity index (χ3n) is 2.61. The minimum atomic E-state index is -0.187. The molecule has 0 amide bonds. The van der Waals surface area contributed by atoms with Crippen LogP contribution in [-0.2, 0) is 6.54 Å². The van der Waals surface area contributed by atoms with Crippen LogP contribution in [0.4, 0.5) is 4.39 Å². The van der Waals surface area contributed by atoms with Crippen molar-refractivity contribution in [3.8, 4) is 0 Å². The van der Waals surface area contributed by atoms with Crippen LogP contribution in [0, 0.1) is 12.7 Å². The lowest BCUT2D eigenvalue weighted by Crippen LogP contribution is -2.18. The molecule has 2 nitrogen and oxygen atoms in total. The van der Waals surface area contributed by atoms with Crippen molar-refractivity contribution in [2.24, 2.45) is 0 Å². The molecule has 2 rings (SSSR count). The number of thiazole rings is 1. The second kappa shape index (κ2) is 5.91. The Hall–Kier alpha value is -0.780. The fraction of sp³-hybridized carbons (Fsp3) is 0.308. The number of halogens is 2. The lowest BCUT2D eigenvalue weighted by atomic mass is 10.2. The fourth-order valence-corrected chi connectivity index (χ4v) is 2.84. The molecule has 0 saturated carbocycles. The molecule has 0 aliphatic heterocycles. The highest BCUT2D eigenvalue weighted by atomic mass is 79.9. The molecule has 5 heteroatoms. The summed E-state index contributed by atoms with van der Waals surface area (Å²) in [6.07, 6.45) is 0. The monoisotopic (exact) mass is 328 g/mol. The van der Waals surface area contributed by atoms with Gasteiger partial charge in [0.15, 0.2) is 0 Å². The van der Waals surface area contributed by atoms with E-state index in [1.165, 1.54) is 6.07 Å². The van der Waals surface area contributed by atoms with E-state index in [1.807, 2.05) is 19.2 Å². The summed E-state index contributed by atoms with van der Waals surface area (Å²) in [6, 6.07) is 5.09. The van der Waals surface area contributed by atoms with Gasteiger partial charge < -0.3 is 5.32 Å². The van der Waals surface area contributed by atoms with Gasteiger partial charge in [0.05, 0.1) is 6.04 Å². The minimum Gasteiger partial charge on any atom is -0.304 e. The van der Waals surface area contributed by atoms with E-state index in [0.717, 1.165) is 15.2 Å². The van der Waals surface area contributed by atoms with E-state index < -0.39 is 0 Å². The molecule has 0 saturated heterocycles. The molecule has 1 aromatic heterocycles. The zero-order valence-corrected chi connectivity index (χ0v) is 12.6. The number of aryl methyl sites for hydroxylation is 1. The molecule has 0 fully saturated rings. The summed E-state index contributed by atoms with van der Waals surface area (Å²) >= 11 is 4.97. The van der Waals surface area contributed by atoms with Crippen LogP contribution in [0.3, 0.4) is 0 Å². The zero-order chi connectivity index (χ0) is 13.1. The second-order valence-electron chi connectivity index (χ2n) is 4.17. The van der Waals surface area contributed by atoms with Gasteiger partial charge in [-0.25, -0.2) is 9.37 Å². The van der Waals surface area contributed by atoms with Crippen molar-refractivity contribution in [2.45, 2.75) is 26.4 Å². The average molecular weight is 329 g/mol. The Labute approximate surface area is 118 Å². The van der Waals surface area contributed by atoms with E-state index >= 15 is 0 Å². The van der Waals surface area contributed by atoms with Crippen LogP contribution in [0.2, 0.25) is 0 Å². The van der Waals surface area contributed by atoms with Gasteiger partial charge in [0, 0.05) is 27.7 Å². The standard InChI is InChI=1S/C13H14BrFN2S/c1-8-7-18-13(17-8)9(2)16-6-10-5-11(14)3-4-12(10)15/h3-5,7,9,16H,6H2,1-2H3. The Balaban J connectivity index is 2.01. The highest BCUT2D eigenvalue weighted by Gasteiger charge is 2.10. The van der Waals surface area contributed by atoms with Crippen LogP contribution in [0.1, 0.15) is 29.2 Å². The predicted molar refractivity (Wildman–Crippen MR) is 76.2 cm³/mol. The summed E-state index contributed by atoms with van der Waals surface area (Å²) in [7, 11) is 0. The first-order valence-electron chi connectivity index (χ1n) is 5.65. The quantitative estimate of drug-likeness (QED) is 0.909. The largest absolute Gasteiger partial charge is 0.304 e. The van der Waals surface area contributed by atoms with Crippen LogP contribution in [0.15, 0.2) is 28.1 Å². The Morgan fingerprint density at radius 3 is 2.94 bits per heavy atom. The van der Waals surface area contributed by atoms with E-state index in [0.29, 0.717) is 12.1 Å². The molecule has 1 N–H and O–H groups in total. The first kappa shape index (κ1) is 13.6. The number of rotatable bonds is 4. The van der Waals surface area contributed by atoms with Crippen molar-refractivity contribution >= 4 is 27.3 Å². The number of hydrogen-bond acceptors (Lipinski definition) is 3. The van der Waals surface area contributed by atoms with Crippen LogP contribution >= 0.6 is 27.3 Å². The smallest absolute Gasteiger partial charge is 0.127 e. The lowest BCUT2D eigenvalue weighted by molar-refractivity contribution is 0.542.